The van der Waals surface area contributed by atoms with E-state index in [2.05, 4.69) is 16.4 Å². The quantitative estimate of drug-likeness (QED) is 0.890. The van der Waals surface area contributed by atoms with E-state index in [-0.39, 0.29) is 0 Å². The van der Waals surface area contributed by atoms with Crippen molar-refractivity contribution in [2.75, 3.05) is 7.05 Å². The molecule has 0 unspecified atom stereocenters. The highest BCUT2D eigenvalue weighted by Gasteiger charge is 2.04. The van der Waals surface area contributed by atoms with Gasteiger partial charge in [-0.2, -0.15) is 5.26 Å². The highest BCUT2D eigenvalue weighted by molar-refractivity contribution is 5.38. The third-order valence-corrected chi connectivity index (χ3v) is 2.42. The molecule has 0 amide bonds. The van der Waals surface area contributed by atoms with Gasteiger partial charge in [0.25, 0.3) is 0 Å². The average Bonchev–Trinajstić information content (AvgIpc) is 2.41. The number of aromatic nitrogens is 1. The fraction of sp³-hybridized carbons (Fsp3) is 0.143. The smallest absolute Gasteiger partial charge is 0.220 e. The molecule has 0 saturated carbocycles. The lowest BCUT2D eigenvalue weighted by molar-refractivity contribution is 0.455. The van der Waals surface area contributed by atoms with Crippen molar-refractivity contribution in [1.82, 2.24) is 10.3 Å². The van der Waals surface area contributed by atoms with Gasteiger partial charge < -0.3 is 10.1 Å². The van der Waals surface area contributed by atoms with Gasteiger partial charge in [-0.05, 0) is 19.2 Å². The molecule has 0 aliphatic carbocycles. The van der Waals surface area contributed by atoms with E-state index < -0.39 is 0 Å². The number of nitriles is 1. The summed E-state index contributed by atoms with van der Waals surface area (Å²) in [7, 11) is 1.88. The van der Waals surface area contributed by atoms with Crippen LogP contribution in [0.25, 0.3) is 0 Å². The van der Waals surface area contributed by atoms with Gasteiger partial charge in [0.2, 0.25) is 5.88 Å². The van der Waals surface area contributed by atoms with E-state index in [4.69, 9.17) is 10.00 Å². The van der Waals surface area contributed by atoms with E-state index in [0.717, 1.165) is 11.3 Å². The Hall–Kier alpha value is -2.38. The van der Waals surface area contributed by atoms with Gasteiger partial charge in [-0.3, -0.25) is 0 Å². The van der Waals surface area contributed by atoms with E-state index in [1.54, 1.807) is 18.3 Å². The first-order valence-electron chi connectivity index (χ1n) is 5.60. The Labute approximate surface area is 106 Å². The van der Waals surface area contributed by atoms with Gasteiger partial charge in [-0.1, -0.05) is 18.2 Å². The molecular formula is C14H13N3O. The highest BCUT2D eigenvalue weighted by atomic mass is 16.5. The molecule has 0 saturated heterocycles. The van der Waals surface area contributed by atoms with Crippen LogP contribution in [0.5, 0.6) is 11.6 Å². The van der Waals surface area contributed by atoms with E-state index in [9.17, 15) is 0 Å². The lowest BCUT2D eigenvalue weighted by Gasteiger charge is -2.09. The topological polar surface area (TPSA) is 57.9 Å². The maximum atomic E-state index is 8.82. The van der Waals surface area contributed by atoms with Crippen LogP contribution in [0.2, 0.25) is 0 Å². The number of rotatable bonds is 4. The van der Waals surface area contributed by atoms with Gasteiger partial charge in [-0.25, -0.2) is 4.98 Å². The lowest BCUT2D eigenvalue weighted by Crippen LogP contribution is -2.06. The Morgan fingerprint density at radius 3 is 2.94 bits per heavy atom. The minimum absolute atomic E-state index is 0.428. The minimum Gasteiger partial charge on any atom is -0.439 e. The summed E-state index contributed by atoms with van der Waals surface area (Å²) in [5.74, 6) is 1.17. The molecule has 0 atom stereocenters. The number of nitrogens with zero attached hydrogens (tertiary/aromatic N) is 2. The van der Waals surface area contributed by atoms with Crippen LogP contribution in [-0.4, -0.2) is 12.0 Å². The molecule has 0 radical (unpaired) electrons. The Kier molecular flexibility index (Phi) is 3.90. The van der Waals surface area contributed by atoms with Crippen molar-refractivity contribution >= 4 is 0 Å². The number of ether oxygens (including phenoxy) is 1. The van der Waals surface area contributed by atoms with Crippen LogP contribution in [0.15, 0.2) is 42.6 Å². The number of benzene rings is 1. The van der Waals surface area contributed by atoms with Crippen molar-refractivity contribution in [3.63, 3.8) is 0 Å². The zero-order chi connectivity index (χ0) is 12.8. The van der Waals surface area contributed by atoms with Gasteiger partial charge in [0.15, 0.2) is 0 Å². The molecule has 1 N–H and O–H groups in total. The van der Waals surface area contributed by atoms with E-state index >= 15 is 0 Å². The standard InChI is InChI=1S/C14H13N3O/c1-16-10-12-4-2-3-5-13(12)18-14-8-11(9-15)6-7-17-14/h2-8,16H,10H2,1H3. The molecule has 4 heteroatoms. The molecule has 0 spiro atoms. The predicted molar refractivity (Wildman–Crippen MR) is 68.2 cm³/mol. The summed E-state index contributed by atoms with van der Waals surface area (Å²) in [6, 6.07) is 13.1. The number of hydrogen-bond donors (Lipinski definition) is 1. The summed E-state index contributed by atoms with van der Waals surface area (Å²) in [4.78, 5) is 4.09. The van der Waals surface area contributed by atoms with E-state index in [0.29, 0.717) is 18.0 Å². The lowest BCUT2D eigenvalue weighted by atomic mass is 10.2. The summed E-state index contributed by atoms with van der Waals surface area (Å²) >= 11 is 0. The van der Waals surface area contributed by atoms with Crippen LogP contribution in [-0.2, 0) is 6.54 Å². The third kappa shape index (κ3) is 2.84. The maximum Gasteiger partial charge on any atom is 0.220 e. The first-order valence-corrected chi connectivity index (χ1v) is 5.60. The number of hydrogen-bond acceptors (Lipinski definition) is 4. The normalized spacial score (nSPS) is 9.78. The largest absolute Gasteiger partial charge is 0.439 e. The van der Waals surface area contributed by atoms with Crippen LogP contribution in [0.1, 0.15) is 11.1 Å². The van der Waals surface area contributed by atoms with Crippen LogP contribution in [0.3, 0.4) is 0 Å². The monoisotopic (exact) mass is 239 g/mol. The van der Waals surface area contributed by atoms with Crippen molar-refractivity contribution in [1.29, 1.82) is 5.26 Å². The molecule has 0 aliphatic rings. The van der Waals surface area contributed by atoms with E-state index in [1.807, 2.05) is 31.3 Å². The molecule has 1 aromatic carbocycles. The minimum atomic E-state index is 0.428. The van der Waals surface area contributed by atoms with Crippen molar-refractivity contribution in [3.8, 4) is 17.7 Å². The van der Waals surface area contributed by atoms with Gasteiger partial charge in [0.1, 0.15) is 5.75 Å². The third-order valence-electron chi connectivity index (χ3n) is 2.42. The Morgan fingerprint density at radius 1 is 1.33 bits per heavy atom. The first kappa shape index (κ1) is 12.1. The molecule has 1 heterocycles. The average molecular weight is 239 g/mol. The second-order valence-corrected chi connectivity index (χ2v) is 3.73. The van der Waals surface area contributed by atoms with Crippen LogP contribution >= 0.6 is 0 Å². The summed E-state index contributed by atoms with van der Waals surface area (Å²) in [5.41, 5.74) is 1.58. The van der Waals surface area contributed by atoms with Crippen molar-refractivity contribution < 1.29 is 4.74 Å². The molecule has 18 heavy (non-hydrogen) atoms. The maximum absolute atomic E-state index is 8.82. The van der Waals surface area contributed by atoms with Crippen LogP contribution < -0.4 is 10.1 Å². The fourth-order valence-corrected chi connectivity index (χ4v) is 1.59. The zero-order valence-electron chi connectivity index (χ0n) is 10.1. The van der Waals surface area contributed by atoms with Crippen molar-refractivity contribution in [2.45, 2.75) is 6.54 Å². The van der Waals surface area contributed by atoms with Crippen LogP contribution in [0, 0.1) is 11.3 Å². The van der Waals surface area contributed by atoms with Gasteiger partial charge in [0.05, 0.1) is 11.6 Å². The van der Waals surface area contributed by atoms with E-state index in [1.165, 1.54) is 0 Å². The molecule has 1 aromatic heterocycles. The van der Waals surface area contributed by atoms with Gasteiger partial charge >= 0.3 is 0 Å². The summed E-state index contributed by atoms with van der Waals surface area (Å²) in [5, 5.41) is 11.9. The summed E-state index contributed by atoms with van der Waals surface area (Å²) < 4.78 is 5.70. The molecule has 0 fully saturated rings. The van der Waals surface area contributed by atoms with Gasteiger partial charge in [-0.15, -0.1) is 0 Å². The number of pyridine rings is 1. The van der Waals surface area contributed by atoms with Crippen LogP contribution in [0.4, 0.5) is 0 Å². The molecular weight excluding hydrogens is 226 g/mol. The van der Waals surface area contributed by atoms with Gasteiger partial charge in [0, 0.05) is 24.4 Å². The fourth-order valence-electron chi connectivity index (χ4n) is 1.59. The SMILES string of the molecule is CNCc1ccccc1Oc1cc(C#N)ccn1. The van der Waals surface area contributed by atoms with Crippen molar-refractivity contribution in [3.05, 3.63) is 53.7 Å². The molecule has 0 bridgehead atoms. The molecule has 4 nitrogen and oxygen atoms in total. The first-order chi connectivity index (χ1) is 8.83. The molecule has 90 valence electrons. The number of nitrogens with one attached hydrogen (secondary N) is 1. The second kappa shape index (κ2) is 5.80. The predicted octanol–water partition coefficient (Wildman–Crippen LogP) is 2.46. The van der Waals surface area contributed by atoms with Crippen molar-refractivity contribution in [2.24, 2.45) is 0 Å². The second-order valence-electron chi connectivity index (χ2n) is 3.73. The Balaban J connectivity index is 2.25. The Bertz CT molecular complexity index is 575. The zero-order valence-corrected chi connectivity index (χ0v) is 10.1. The summed E-state index contributed by atoms with van der Waals surface area (Å²) in [6.45, 7) is 0.716. The molecule has 0 aliphatic heterocycles. The highest BCUT2D eigenvalue weighted by Crippen LogP contribution is 2.24. The molecule has 2 aromatic rings. The summed E-state index contributed by atoms with van der Waals surface area (Å²) in [6.07, 6.45) is 1.56. The Morgan fingerprint density at radius 2 is 2.17 bits per heavy atom. The number of para-hydroxylation sites is 1. The molecule has 2 rings (SSSR count).